The maximum Gasteiger partial charge on any atom is 0.268 e. The van der Waals surface area contributed by atoms with Gasteiger partial charge in [0.25, 0.3) is 5.91 Å². The van der Waals surface area contributed by atoms with E-state index in [1.54, 1.807) is 0 Å². The van der Waals surface area contributed by atoms with E-state index in [2.05, 4.69) is 27.3 Å². The average Bonchev–Trinajstić information content (AvgIpc) is 3.09. The molecule has 0 aliphatic heterocycles. The third-order valence-electron chi connectivity index (χ3n) is 3.66. The first-order valence-electron chi connectivity index (χ1n) is 6.91. The molecule has 0 aromatic carbocycles. The van der Waals surface area contributed by atoms with Gasteiger partial charge in [-0.2, -0.15) is 0 Å². The summed E-state index contributed by atoms with van der Waals surface area (Å²) in [5, 5.41) is 3.02. The number of hydrogen-bond donors (Lipinski definition) is 1. The third kappa shape index (κ3) is 2.69. The van der Waals surface area contributed by atoms with Crippen LogP contribution in [-0.4, -0.2) is 10.5 Å². The van der Waals surface area contributed by atoms with Crippen LogP contribution in [0.3, 0.4) is 0 Å². The lowest BCUT2D eigenvalue weighted by Gasteiger charge is -2.06. The number of amides is 1. The Bertz CT molecular complexity index is 623. The van der Waals surface area contributed by atoms with Crippen molar-refractivity contribution >= 4 is 33.2 Å². The zero-order valence-corrected chi connectivity index (χ0v) is 13.8. The molecule has 0 atom stereocenters. The summed E-state index contributed by atoms with van der Waals surface area (Å²) < 4.78 is 2.90. The molecule has 1 N–H and O–H groups in total. The zero-order valence-electron chi connectivity index (χ0n) is 11.4. The highest BCUT2D eigenvalue weighted by atomic mass is 79.9. The second-order valence-electron chi connectivity index (χ2n) is 5.03. The van der Waals surface area contributed by atoms with Crippen LogP contribution < -0.4 is 5.32 Å². The topological polar surface area (TPSA) is 34.0 Å². The van der Waals surface area contributed by atoms with Gasteiger partial charge in [-0.15, -0.1) is 11.3 Å². The Kier molecular flexibility index (Phi) is 3.98. The monoisotopic (exact) mass is 352 g/mol. The van der Waals surface area contributed by atoms with Gasteiger partial charge in [-0.1, -0.05) is 0 Å². The summed E-state index contributed by atoms with van der Waals surface area (Å²) in [5.41, 5.74) is 2.20. The van der Waals surface area contributed by atoms with E-state index in [1.807, 2.05) is 35.1 Å². The molecule has 2 aromatic rings. The molecule has 0 saturated heterocycles. The van der Waals surface area contributed by atoms with Crippen LogP contribution in [0.4, 0.5) is 0 Å². The van der Waals surface area contributed by atoms with Crippen LogP contribution in [0.5, 0.6) is 0 Å². The van der Waals surface area contributed by atoms with Crippen molar-refractivity contribution in [2.45, 2.75) is 39.3 Å². The van der Waals surface area contributed by atoms with E-state index in [1.165, 1.54) is 34.6 Å². The molecule has 2 aromatic heterocycles. The first kappa shape index (κ1) is 13.9. The fourth-order valence-electron chi connectivity index (χ4n) is 2.66. The van der Waals surface area contributed by atoms with Crippen LogP contribution in [0.1, 0.15) is 39.2 Å². The summed E-state index contributed by atoms with van der Waals surface area (Å²) in [7, 11) is 0. The van der Waals surface area contributed by atoms with Gasteiger partial charge in [-0.3, -0.25) is 4.79 Å². The van der Waals surface area contributed by atoms with Crippen LogP contribution in [0.25, 0.3) is 0 Å². The summed E-state index contributed by atoms with van der Waals surface area (Å²) in [6.45, 7) is 3.46. The second kappa shape index (κ2) is 5.74. The summed E-state index contributed by atoms with van der Waals surface area (Å²) in [6.07, 6.45) is 5.63. The molecule has 1 aliphatic rings. The van der Waals surface area contributed by atoms with Crippen molar-refractivity contribution in [1.82, 2.24) is 9.88 Å². The van der Waals surface area contributed by atoms with Crippen LogP contribution in [-0.2, 0) is 25.9 Å². The molecule has 1 aliphatic carbocycles. The molecule has 2 heterocycles. The maximum atomic E-state index is 12.2. The predicted octanol–water partition coefficient (Wildman–Crippen LogP) is 3.75. The van der Waals surface area contributed by atoms with Crippen molar-refractivity contribution in [3.05, 3.63) is 43.8 Å². The number of carbonyl (C=O) groups is 1. The van der Waals surface area contributed by atoms with Gasteiger partial charge in [0.2, 0.25) is 0 Å². The van der Waals surface area contributed by atoms with Crippen LogP contribution in [0.15, 0.2) is 22.8 Å². The molecule has 0 radical (unpaired) electrons. The Balaban J connectivity index is 1.66. The van der Waals surface area contributed by atoms with Gasteiger partial charge in [0.05, 0.1) is 6.54 Å². The number of halogens is 1. The number of aromatic nitrogens is 1. The van der Waals surface area contributed by atoms with Gasteiger partial charge >= 0.3 is 0 Å². The summed E-state index contributed by atoms with van der Waals surface area (Å²) >= 11 is 5.26. The molecule has 0 bridgehead atoms. The molecular weight excluding hydrogens is 336 g/mol. The molecule has 0 saturated carbocycles. The zero-order chi connectivity index (χ0) is 14.1. The predicted molar refractivity (Wildman–Crippen MR) is 85.3 cm³/mol. The molecule has 0 spiro atoms. The lowest BCUT2D eigenvalue weighted by molar-refractivity contribution is 0.0942. The van der Waals surface area contributed by atoms with Gasteiger partial charge in [0.1, 0.15) is 5.69 Å². The normalized spacial score (nSPS) is 13.5. The van der Waals surface area contributed by atoms with Crippen LogP contribution >= 0.6 is 27.3 Å². The molecular formula is C15H17BrN2OS. The number of aryl methyl sites for hydroxylation is 3. The fraction of sp³-hybridized carbons (Fsp3) is 0.400. The Morgan fingerprint density at radius 1 is 1.45 bits per heavy atom. The van der Waals surface area contributed by atoms with Crippen molar-refractivity contribution in [2.75, 3.05) is 0 Å². The summed E-state index contributed by atoms with van der Waals surface area (Å²) in [4.78, 5) is 15.0. The quantitative estimate of drug-likeness (QED) is 0.893. The molecule has 5 heteroatoms. The van der Waals surface area contributed by atoms with Gasteiger partial charge in [-0.25, -0.2) is 0 Å². The largest absolute Gasteiger partial charge is 0.346 e. The number of rotatable bonds is 4. The molecule has 0 unspecified atom stereocenters. The van der Waals surface area contributed by atoms with Crippen molar-refractivity contribution in [2.24, 2.45) is 0 Å². The molecule has 106 valence electrons. The van der Waals surface area contributed by atoms with Crippen LogP contribution in [0, 0.1) is 0 Å². The summed E-state index contributed by atoms with van der Waals surface area (Å²) in [6, 6.07) is 4.12. The Hall–Kier alpha value is -1.07. The Morgan fingerprint density at radius 3 is 3.05 bits per heavy atom. The van der Waals surface area contributed by atoms with Crippen molar-refractivity contribution in [1.29, 1.82) is 0 Å². The fourth-order valence-corrected chi connectivity index (χ4v) is 4.33. The minimum atomic E-state index is -0.00823. The third-order valence-corrected chi connectivity index (χ3v) is 5.33. The number of thiophene rings is 1. The lowest BCUT2D eigenvalue weighted by atomic mass is 10.2. The number of carbonyl (C=O) groups excluding carboxylic acids is 1. The van der Waals surface area contributed by atoms with Crippen molar-refractivity contribution in [3.63, 3.8) is 0 Å². The average molecular weight is 353 g/mol. The highest BCUT2D eigenvalue weighted by molar-refractivity contribution is 9.10. The van der Waals surface area contributed by atoms with E-state index in [9.17, 15) is 4.79 Å². The highest BCUT2D eigenvalue weighted by Crippen LogP contribution is 2.30. The van der Waals surface area contributed by atoms with Crippen molar-refractivity contribution < 1.29 is 4.79 Å². The Morgan fingerprint density at radius 2 is 2.30 bits per heavy atom. The van der Waals surface area contributed by atoms with E-state index >= 15 is 0 Å². The standard InChI is InChI=1S/C15H17BrN2OS/c1-2-18-9-11(16)7-13(18)15(19)17-8-12-6-10-4-3-5-14(10)20-12/h6-7,9H,2-5,8H2,1H3,(H,17,19). The maximum absolute atomic E-state index is 12.2. The number of nitrogens with one attached hydrogen (secondary N) is 1. The molecule has 3 nitrogen and oxygen atoms in total. The van der Waals surface area contributed by atoms with E-state index in [0.29, 0.717) is 12.2 Å². The molecule has 1 amide bonds. The summed E-state index contributed by atoms with van der Waals surface area (Å²) in [5.74, 6) is -0.00823. The highest BCUT2D eigenvalue weighted by Gasteiger charge is 2.16. The van der Waals surface area contributed by atoms with Gasteiger partial charge in [0, 0.05) is 27.0 Å². The number of nitrogens with zero attached hydrogens (tertiary/aromatic N) is 1. The molecule has 0 fully saturated rings. The van der Waals surface area contributed by atoms with Gasteiger partial charge in [0.15, 0.2) is 0 Å². The van der Waals surface area contributed by atoms with E-state index in [0.717, 1.165) is 11.0 Å². The van der Waals surface area contributed by atoms with E-state index in [-0.39, 0.29) is 5.91 Å². The first-order valence-corrected chi connectivity index (χ1v) is 8.52. The second-order valence-corrected chi connectivity index (χ2v) is 7.16. The van der Waals surface area contributed by atoms with Gasteiger partial charge in [-0.05, 0) is 59.8 Å². The Labute approximate surface area is 131 Å². The van der Waals surface area contributed by atoms with E-state index < -0.39 is 0 Å². The molecule has 3 rings (SSSR count). The van der Waals surface area contributed by atoms with E-state index in [4.69, 9.17) is 0 Å². The molecule has 20 heavy (non-hydrogen) atoms. The smallest absolute Gasteiger partial charge is 0.268 e. The number of fused-ring (bicyclic) bond motifs is 1. The van der Waals surface area contributed by atoms with Gasteiger partial charge < -0.3 is 9.88 Å². The SMILES string of the molecule is CCn1cc(Br)cc1C(=O)NCc1cc2c(s1)CCC2. The lowest BCUT2D eigenvalue weighted by Crippen LogP contribution is -2.24. The first-order chi connectivity index (χ1) is 9.67. The minimum Gasteiger partial charge on any atom is -0.346 e. The van der Waals surface area contributed by atoms with Crippen LogP contribution in [0.2, 0.25) is 0 Å². The van der Waals surface area contributed by atoms with Crippen molar-refractivity contribution in [3.8, 4) is 0 Å². The minimum absolute atomic E-state index is 0.00823. The number of hydrogen-bond acceptors (Lipinski definition) is 2.